The molecule has 1 unspecified atom stereocenters. The van der Waals surface area contributed by atoms with E-state index in [2.05, 4.69) is 10.2 Å². The summed E-state index contributed by atoms with van der Waals surface area (Å²) in [4.78, 5) is 14.3. The lowest BCUT2D eigenvalue weighted by atomic mass is 10.1. The van der Waals surface area contributed by atoms with Gasteiger partial charge in [-0.3, -0.25) is 4.79 Å². The van der Waals surface area contributed by atoms with Crippen LogP contribution in [0.2, 0.25) is 5.02 Å². The highest BCUT2D eigenvalue weighted by Gasteiger charge is 2.17. The number of carbonyl (C=O) groups excluding carboxylic acids is 1. The Morgan fingerprint density at radius 3 is 2.92 bits per heavy atom. The van der Waals surface area contributed by atoms with Gasteiger partial charge < -0.3 is 15.0 Å². The van der Waals surface area contributed by atoms with E-state index in [1.807, 2.05) is 32.2 Å². The molecule has 6 heteroatoms. The molecule has 1 N–H and O–H groups in total. The summed E-state index contributed by atoms with van der Waals surface area (Å²) in [6, 6.07) is 9.78. The molecule has 0 aliphatic carbocycles. The minimum Gasteiger partial charge on any atom is -0.490 e. The van der Waals surface area contributed by atoms with Crippen molar-refractivity contribution in [3.8, 4) is 5.75 Å². The van der Waals surface area contributed by atoms with Crippen LogP contribution in [0.1, 0.15) is 24.1 Å². The second-order valence-corrected chi connectivity index (χ2v) is 6.63. The zero-order valence-corrected chi connectivity index (χ0v) is 15.4. The van der Waals surface area contributed by atoms with Gasteiger partial charge in [-0.05, 0) is 48.4 Å². The normalized spacial score (nSPS) is 14.7. The van der Waals surface area contributed by atoms with Crippen LogP contribution in [0.5, 0.6) is 5.75 Å². The summed E-state index contributed by atoms with van der Waals surface area (Å²) < 4.78 is 18.7. The number of amides is 1. The number of fused-ring (bicyclic) bond motifs is 1. The number of hydrogen-bond donors (Lipinski definition) is 1. The molecule has 136 valence electrons. The fourth-order valence-electron chi connectivity index (χ4n) is 2.78. The molecule has 0 saturated heterocycles. The summed E-state index contributed by atoms with van der Waals surface area (Å²) in [6.45, 7) is 3.42. The molecule has 1 aliphatic heterocycles. The highest BCUT2D eigenvalue weighted by molar-refractivity contribution is 6.32. The van der Waals surface area contributed by atoms with E-state index >= 15 is 0 Å². The van der Waals surface area contributed by atoms with Crippen molar-refractivity contribution in [2.45, 2.75) is 13.0 Å². The highest BCUT2D eigenvalue weighted by atomic mass is 35.5. The maximum Gasteiger partial charge on any atom is 0.244 e. The highest BCUT2D eigenvalue weighted by Crippen LogP contribution is 2.33. The van der Waals surface area contributed by atoms with Gasteiger partial charge in [-0.2, -0.15) is 0 Å². The van der Waals surface area contributed by atoms with Gasteiger partial charge in [0.25, 0.3) is 0 Å². The van der Waals surface area contributed by atoms with Gasteiger partial charge in [-0.25, -0.2) is 4.39 Å². The van der Waals surface area contributed by atoms with Crippen LogP contribution in [-0.2, 0) is 4.79 Å². The number of ether oxygens (including phenoxy) is 1. The zero-order valence-electron chi connectivity index (χ0n) is 14.6. The molecule has 0 saturated carbocycles. The van der Waals surface area contributed by atoms with Crippen LogP contribution in [-0.4, -0.2) is 26.1 Å². The van der Waals surface area contributed by atoms with Gasteiger partial charge in [-0.1, -0.05) is 23.7 Å². The second kappa shape index (κ2) is 7.79. The van der Waals surface area contributed by atoms with Crippen molar-refractivity contribution in [1.29, 1.82) is 0 Å². The van der Waals surface area contributed by atoms with Gasteiger partial charge in [0.1, 0.15) is 18.2 Å². The number of carbonyl (C=O) groups is 1. The predicted octanol–water partition coefficient (Wildman–Crippen LogP) is 4.20. The first kappa shape index (κ1) is 18.3. The van der Waals surface area contributed by atoms with E-state index in [0.29, 0.717) is 12.2 Å². The summed E-state index contributed by atoms with van der Waals surface area (Å²) in [7, 11) is 2.02. The van der Waals surface area contributed by atoms with E-state index in [4.69, 9.17) is 16.3 Å². The van der Waals surface area contributed by atoms with E-state index < -0.39 is 5.82 Å². The summed E-state index contributed by atoms with van der Waals surface area (Å²) in [6.07, 6.45) is 2.96. The molecule has 2 aromatic rings. The fraction of sp³-hybridized carbons (Fsp3) is 0.250. The minimum absolute atomic E-state index is 0.170. The van der Waals surface area contributed by atoms with Crippen molar-refractivity contribution in [2.24, 2.45) is 0 Å². The van der Waals surface area contributed by atoms with Crippen LogP contribution in [0.4, 0.5) is 10.1 Å². The monoisotopic (exact) mass is 374 g/mol. The molecule has 1 heterocycles. The molecule has 3 rings (SSSR count). The Morgan fingerprint density at radius 1 is 1.35 bits per heavy atom. The third-order valence-electron chi connectivity index (χ3n) is 4.31. The summed E-state index contributed by atoms with van der Waals surface area (Å²) in [5, 5.41) is 3.18. The van der Waals surface area contributed by atoms with Crippen molar-refractivity contribution < 1.29 is 13.9 Å². The van der Waals surface area contributed by atoms with Gasteiger partial charge in [0, 0.05) is 13.1 Å². The van der Waals surface area contributed by atoms with E-state index in [1.165, 1.54) is 24.3 Å². The predicted molar refractivity (Wildman–Crippen MR) is 102 cm³/mol. The van der Waals surface area contributed by atoms with Crippen LogP contribution in [0, 0.1) is 5.82 Å². The van der Waals surface area contributed by atoms with Gasteiger partial charge >= 0.3 is 0 Å². The first-order valence-electron chi connectivity index (χ1n) is 8.35. The molecule has 1 amide bonds. The van der Waals surface area contributed by atoms with E-state index in [-0.39, 0.29) is 17.0 Å². The number of halogens is 2. The lowest BCUT2D eigenvalue weighted by Gasteiger charge is -2.28. The SMILES string of the molecule is CC(NC(=O)C=Cc1ccc(F)cc1Cl)c1ccc2c(c1)N(C)CCO2. The van der Waals surface area contributed by atoms with Gasteiger partial charge in [0.05, 0.1) is 23.3 Å². The second-order valence-electron chi connectivity index (χ2n) is 6.23. The molecule has 26 heavy (non-hydrogen) atoms. The number of rotatable bonds is 4. The summed E-state index contributed by atoms with van der Waals surface area (Å²) in [5.74, 6) is 0.193. The van der Waals surface area contributed by atoms with Crippen LogP contribution in [0.3, 0.4) is 0 Å². The first-order valence-corrected chi connectivity index (χ1v) is 8.73. The van der Waals surface area contributed by atoms with Gasteiger partial charge in [0.15, 0.2) is 0 Å². The number of benzene rings is 2. The van der Waals surface area contributed by atoms with Crippen molar-refractivity contribution in [1.82, 2.24) is 5.32 Å². The Labute approximate surface area is 157 Å². The molecular weight excluding hydrogens is 355 g/mol. The van der Waals surface area contributed by atoms with Crippen molar-refractivity contribution in [3.05, 3.63) is 64.4 Å². The largest absolute Gasteiger partial charge is 0.490 e. The average molecular weight is 375 g/mol. The smallest absolute Gasteiger partial charge is 0.244 e. The minimum atomic E-state index is -0.411. The summed E-state index contributed by atoms with van der Waals surface area (Å²) >= 11 is 5.96. The van der Waals surface area contributed by atoms with Crippen LogP contribution >= 0.6 is 11.6 Å². The molecule has 0 radical (unpaired) electrons. The first-order chi connectivity index (χ1) is 12.4. The molecule has 4 nitrogen and oxygen atoms in total. The van der Waals surface area contributed by atoms with Crippen molar-refractivity contribution in [2.75, 3.05) is 25.1 Å². The van der Waals surface area contributed by atoms with Gasteiger partial charge in [-0.15, -0.1) is 0 Å². The molecule has 0 fully saturated rings. The molecule has 1 atom stereocenters. The number of nitrogens with one attached hydrogen (secondary N) is 1. The lowest BCUT2D eigenvalue weighted by molar-refractivity contribution is -0.117. The fourth-order valence-corrected chi connectivity index (χ4v) is 3.01. The Bertz CT molecular complexity index is 854. The lowest BCUT2D eigenvalue weighted by Crippen LogP contribution is -2.29. The van der Waals surface area contributed by atoms with E-state index in [9.17, 15) is 9.18 Å². The average Bonchev–Trinajstić information content (AvgIpc) is 2.61. The quantitative estimate of drug-likeness (QED) is 0.815. The standard InChI is InChI=1S/C20H20ClFN2O2/c1-13(15-4-7-19-18(11-15)24(2)9-10-26-19)23-20(25)8-5-14-3-6-16(22)12-17(14)21/h3-8,11-13H,9-10H2,1-2H3,(H,23,25). The number of hydrogen-bond acceptors (Lipinski definition) is 3. The third kappa shape index (κ3) is 4.17. The van der Waals surface area contributed by atoms with Crippen LogP contribution in [0.25, 0.3) is 6.08 Å². The van der Waals surface area contributed by atoms with Crippen molar-refractivity contribution >= 4 is 29.3 Å². The maximum absolute atomic E-state index is 13.1. The Balaban J connectivity index is 1.67. The number of nitrogens with zero attached hydrogens (tertiary/aromatic N) is 1. The number of likely N-dealkylation sites (N-methyl/N-ethyl adjacent to an activating group) is 1. The molecule has 0 bridgehead atoms. The molecular formula is C20H20ClFN2O2. The van der Waals surface area contributed by atoms with Crippen LogP contribution in [0.15, 0.2) is 42.5 Å². The van der Waals surface area contributed by atoms with Crippen molar-refractivity contribution in [3.63, 3.8) is 0 Å². The summed E-state index contributed by atoms with van der Waals surface area (Å²) in [5.41, 5.74) is 2.59. The molecule has 0 spiro atoms. The molecule has 0 aromatic heterocycles. The number of anilines is 1. The topological polar surface area (TPSA) is 41.6 Å². The third-order valence-corrected chi connectivity index (χ3v) is 4.64. The Hall–Kier alpha value is -2.53. The van der Waals surface area contributed by atoms with Crippen LogP contribution < -0.4 is 15.0 Å². The van der Waals surface area contributed by atoms with E-state index in [0.717, 1.165) is 23.5 Å². The Morgan fingerprint density at radius 2 is 2.15 bits per heavy atom. The van der Waals surface area contributed by atoms with Gasteiger partial charge in [0.2, 0.25) is 5.91 Å². The zero-order chi connectivity index (χ0) is 18.7. The molecule has 2 aromatic carbocycles. The molecule has 1 aliphatic rings. The maximum atomic E-state index is 13.1. The Kier molecular flexibility index (Phi) is 5.47. The van der Waals surface area contributed by atoms with E-state index in [1.54, 1.807) is 6.08 Å².